The highest BCUT2D eigenvalue weighted by Crippen LogP contribution is 2.36. The molecule has 0 spiro atoms. The fourth-order valence-corrected chi connectivity index (χ4v) is 2.74. The smallest absolute Gasteiger partial charge is 0.124 e. The molecule has 20 heavy (non-hydrogen) atoms. The van der Waals surface area contributed by atoms with E-state index in [1.807, 2.05) is 30.6 Å². The van der Waals surface area contributed by atoms with Gasteiger partial charge in [0, 0.05) is 36.0 Å². The molecule has 0 saturated carbocycles. The summed E-state index contributed by atoms with van der Waals surface area (Å²) in [6.07, 6.45) is 3.73. The summed E-state index contributed by atoms with van der Waals surface area (Å²) in [5.41, 5.74) is 2.46. The fourth-order valence-electron chi connectivity index (χ4n) is 2.74. The Morgan fingerprint density at radius 1 is 1.25 bits per heavy atom. The summed E-state index contributed by atoms with van der Waals surface area (Å²) in [4.78, 5) is 4.20. The van der Waals surface area contributed by atoms with E-state index in [9.17, 15) is 0 Å². The first-order valence-corrected chi connectivity index (χ1v) is 7.13. The number of para-hydroxylation sites is 1. The first-order chi connectivity index (χ1) is 9.75. The molecule has 3 heteroatoms. The van der Waals surface area contributed by atoms with Gasteiger partial charge in [-0.1, -0.05) is 31.2 Å². The van der Waals surface area contributed by atoms with Crippen molar-refractivity contribution >= 4 is 0 Å². The van der Waals surface area contributed by atoms with Gasteiger partial charge in [-0.25, -0.2) is 0 Å². The van der Waals surface area contributed by atoms with Crippen molar-refractivity contribution in [1.82, 2.24) is 10.3 Å². The fraction of sp³-hybridized carbons (Fsp3) is 0.353. The van der Waals surface area contributed by atoms with E-state index in [4.69, 9.17) is 4.74 Å². The lowest BCUT2D eigenvalue weighted by molar-refractivity contribution is 0.182. The van der Waals surface area contributed by atoms with Crippen LogP contribution in [-0.4, -0.2) is 11.6 Å². The molecule has 0 radical (unpaired) electrons. The van der Waals surface area contributed by atoms with Crippen LogP contribution in [0.25, 0.3) is 0 Å². The molecule has 0 fully saturated rings. The zero-order valence-corrected chi connectivity index (χ0v) is 11.9. The second-order valence-electron chi connectivity index (χ2n) is 5.48. The van der Waals surface area contributed by atoms with Gasteiger partial charge in [-0.05, 0) is 24.6 Å². The van der Waals surface area contributed by atoms with Crippen LogP contribution in [0.1, 0.15) is 37.1 Å². The lowest BCUT2D eigenvalue weighted by Crippen LogP contribution is -2.35. The van der Waals surface area contributed by atoms with Gasteiger partial charge in [-0.2, -0.15) is 0 Å². The van der Waals surface area contributed by atoms with E-state index in [2.05, 4.69) is 42.3 Å². The molecule has 0 aliphatic carbocycles. The number of aromatic nitrogens is 1. The molecule has 1 aromatic carbocycles. The van der Waals surface area contributed by atoms with Crippen LogP contribution in [0.2, 0.25) is 0 Å². The molecule has 1 N–H and O–H groups in total. The second-order valence-corrected chi connectivity index (χ2v) is 5.48. The molecule has 2 heterocycles. The lowest BCUT2D eigenvalue weighted by Gasteiger charge is -2.34. The summed E-state index contributed by atoms with van der Waals surface area (Å²) in [5.74, 6) is 1.45. The average Bonchev–Trinajstić information content (AvgIpc) is 2.51. The highest BCUT2D eigenvalue weighted by Gasteiger charge is 2.28. The number of rotatable bonds is 3. The molecule has 1 aromatic heterocycles. The van der Waals surface area contributed by atoms with E-state index in [0.717, 1.165) is 12.4 Å². The van der Waals surface area contributed by atoms with Gasteiger partial charge >= 0.3 is 0 Å². The van der Waals surface area contributed by atoms with E-state index in [0.29, 0.717) is 12.0 Å². The lowest BCUT2D eigenvalue weighted by atomic mass is 9.91. The van der Waals surface area contributed by atoms with Gasteiger partial charge in [0.25, 0.3) is 0 Å². The van der Waals surface area contributed by atoms with E-state index in [1.165, 1.54) is 11.1 Å². The third kappa shape index (κ3) is 2.54. The van der Waals surface area contributed by atoms with Gasteiger partial charge in [0.1, 0.15) is 5.75 Å². The first kappa shape index (κ1) is 13.1. The maximum atomic E-state index is 5.80. The highest BCUT2D eigenvalue weighted by atomic mass is 16.5. The van der Waals surface area contributed by atoms with Gasteiger partial charge < -0.3 is 10.1 Å². The number of pyridine rings is 1. The average molecular weight is 268 g/mol. The number of nitrogens with zero attached hydrogens (tertiary/aromatic N) is 1. The Bertz CT molecular complexity index is 570. The molecular weight excluding hydrogens is 248 g/mol. The Hall–Kier alpha value is -1.87. The normalized spacial score (nSPS) is 22.7. The Balaban J connectivity index is 1.83. The summed E-state index contributed by atoms with van der Waals surface area (Å²) >= 11 is 0. The van der Waals surface area contributed by atoms with Gasteiger partial charge in [0.15, 0.2) is 0 Å². The molecule has 3 atom stereocenters. The maximum Gasteiger partial charge on any atom is 0.124 e. The van der Waals surface area contributed by atoms with Crippen LogP contribution in [-0.2, 0) is 0 Å². The summed E-state index contributed by atoms with van der Waals surface area (Å²) in [5, 5.41) is 3.72. The Morgan fingerprint density at radius 3 is 2.90 bits per heavy atom. The molecule has 2 unspecified atom stereocenters. The minimum Gasteiger partial charge on any atom is -0.493 e. The SMILES string of the molecule is CC1COc2ccccc2C1N[C@H](C)c1cccnc1. The zero-order chi connectivity index (χ0) is 13.9. The van der Waals surface area contributed by atoms with Crippen molar-refractivity contribution in [3.63, 3.8) is 0 Å². The Labute approximate surface area is 120 Å². The minimum atomic E-state index is 0.266. The topological polar surface area (TPSA) is 34.1 Å². The molecule has 1 aliphatic heterocycles. The van der Waals surface area contributed by atoms with Crippen LogP contribution in [0.5, 0.6) is 5.75 Å². The predicted octanol–water partition coefficient (Wildman–Crippen LogP) is 3.50. The quantitative estimate of drug-likeness (QED) is 0.925. The molecule has 2 aromatic rings. The molecule has 104 valence electrons. The Kier molecular flexibility index (Phi) is 3.70. The van der Waals surface area contributed by atoms with E-state index in [1.54, 1.807) is 0 Å². The number of ether oxygens (including phenoxy) is 1. The number of fused-ring (bicyclic) bond motifs is 1. The third-order valence-corrected chi connectivity index (χ3v) is 3.94. The molecule has 0 bridgehead atoms. The van der Waals surface area contributed by atoms with Crippen LogP contribution in [0.3, 0.4) is 0 Å². The summed E-state index contributed by atoms with van der Waals surface area (Å²) in [6.45, 7) is 5.17. The number of nitrogens with one attached hydrogen (secondary N) is 1. The van der Waals surface area contributed by atoms with E-state index >= 15 is 0 Å². The van der Waals surface area contributed by atoms with Gasteiger partial charge in [-0.3, -0.25) is 4.98 Å². The molecule has 3 nitrogen and oxygen atoms in total. The summed E-state index contributed by atoms with van der Waals surface area (Å²) < 4.78 is 5.80. The van der Waals surface area contributed by atoms with Crippen molar-refractivity contribution < 1.29 is 4.74 Å². The van der Waals surface area contributed by atoms with Crippen LogP contribution < -0.4 is 10.1 Å². The van der Waals surface area contributed by atoms with Gasteiger partial charge in [-0.15, -0.1) is 0 Å². The summed E-state index contributed by atoms with van der Waals surface area (Å²) in [7, 11) is 0. The molecule has 1 aliphatic rings. The third-order valence-electron chi connectivity index (χ3n) is 3.94. The number of benzene rings is 1. The van der Waals surface area contributed by atoms with Crippen molar-refractivity contribution in [1.29, 1.82) is 0 Å². The minimum absolute atomic E-state index is 0.266. The van der Waals surface area contributed by atoms with Gasteiger partial charge in [0.05, 0.1) is 6.61 Å². The molecule has 0 saturated heterocycles. The van der Waals surface area contributed by atoms with Crippen LogP contribution in [0.4, 0.5) is 0 Å². The number of hydrogen-bond acceptors (Lipinski definition) is 3. The molecule has 3 rings (SSSR count). The van der Waals surface area contributed by atoms with Gasteiger partial charge in [0.2, 0.25) is 0 Å². The van der Waals surface area contributed by atoms with Crippen LogP contribution in [0.15, 0.2) is 48.8 Å². The van der Waals surface area contributed by atoms with Crippen molar-refractivity contribution in [2.24, 2.45) is 5.92 Å². The van der Waals surface area contributed by atoms with Crippen LogP contribution >= 0.6 is 0 Å². The highest BCUT2D eigenvalue weighted by molar-refractivity contribution is 5.38. The summed E-state index contributed by atoms with van der Waals surface area (Å²) in [6, 6.07) is 13.0. The largest absolute Gasteiger partial charge is 0.493 e. The second kappa shape index (κ2) is 5.63. The first-order valence-electron chi connectivity index (χ1n) is 7.13. The monoisotopic (exact) mass is 268 g/mol. The molecule has 0 amide bonds. The van der Waals surface area contributed by atoms with Crippen molar-refractivity contribution in [2.45, 2.75) is 25.9 Å². The zero-order valence-electron chi connectivity index (χ0n) is 11.9. The van der Waals surface area contributed by atoms with E-state index < -0.39 is 0 Å². The van der Waals surface area contributed by atoms with Crippen LogP contribution in [0, 0.1) is 5.92 Å². The molecular formula is C17H20N2O. The Morgan fingerprint density at radius 2 is 2.10 bits per heavy atom. The standard InChI is InChI=1S/C17H20N2O/c1-12-11-20-16-8-4-3-7-15(16)17(12)19-13(2)14-6-5-9-18-10-14/h3-10,12-13,17,19H,11H2,1-2H3/t12?,13-,17?/m1/s1. The predicted molar refractivity (Wildman–Crippen MR) is 79.6 cm³/mol. The van der Waals surface area contributed by atoms with Crippen molar-refractivity contribution in [3.05, 3.63) is 59.9 Å². The number of hydrogen-bond donors (Lipinski definition) is 1. The maximum absolute atomic E-state index is 5.80. The van der Waals surface area contributed by atoms with Crippen molar-refractivity contribution in [2.75, 3.05) is 6.61 Å². The van der Waals surface area contributed by atoms with Crippen molar-refractivity contribution in [3.8, 4) is 5.75 Å². The van der Waals surface area contributed by atoms with E-state index in [-0.39, 0.29) is 6.04 Å².